The Morgan fingerprint density at radius 1 is 1.21 bits per heavy atom. The molecule has 0 aliphatic carbocycles. The molecule has 0 fully saturated rings. The monoisotopic (exact) mass is 388 g/mol. The molecule has 29 heavy (non-hydrogen) atoms. The number of nitrogens with one attached hydrogen (secondary N) is 1. The van der Waals surface area contributed by atoms with Gasteiger partial charge in [0.1, 0.15) is 16.9 Å². The van der Waals surface area contributed by atoms with Gasteiger partial charge in [0.2, 0.25) is 5.43 Å². The van der Waals surface area contributed by atoms with Crippen LogP contribution in [0.15, 0.2) is 64.3 Å². The molecule has 0 saturated carbocycles. The van der Waals surface area contributed by atoms with Gasteiger partial charge in [-0.1, -0.05) is 6.07 Å². The summed E-state index contributed by atoms with van der Waals surface area (Å²) in [5, 5.41) is 3.26. The van der Waals surface area contributed by atoms with Crippen LogP contribution in [0.25, 0.3) is 22.5 Å². The summed E-state index contributed by atoms with van der Waals surface area (Å²) in [7, 11) is 0. The molecule has 0 radical (unpaired) electrons. The summed E-state index contributed by atoms with van der Waals surface area (Å²) in [4.78, 5) is 34.5. The van der Waals surface area contributed by atoms with Crippen molar-refractivity contribution in [2.45, 2.75) is 26.9 Å². The van der Waals surface area contributed by atoms with Crippen LogP contribution < -0.4 is 10.7 Å². The zero-order valence-electron chi connectivity index (χ0n) is 16.2. The summed E-state index contributed by atoms with van der Waals surface area (Å²) in [5.41, 5.74) is 2.62. The Morgan fingerprint density at radius 3 is 2.83 bits per heavy atom. The van der Waals surface area contributed by atoms with Crippen molar-refractivity contribution >= 4 is 16.9 Å². The largest absolute Gasteiger partial charge is 0.463 e. The number of hydrogen-bond donors (Lipinski definition) is 1. The first-order chi connectivity index (χ1) is 14.1. The maximum absolute atomic E-state index is 12.9. The van der Waals surface area contributed by atoms with E-state index in [2.05, 4.69) is 15.3 Å². The fourth-order valence-corrected chi connectivity index (χ4v) is 3.25. The Morgan fingerprint density at radius 2 is 2.07 bits per heavy atom. The van der Waals surface area contributed by atoms with Gasteiger partial charge in [0.15, 0.2) is 5.76 Å². The van der Waals surface area contributed by atoms with Gasteiger partial charge in [-0.2, -0.15) is 0 Å². The zero-order valence-corrected chi connectivity index (χ0v) is 16.2. The average molecular weight is 388 g/mol. The smallest absolute Gasteiger partial charge is 0.257 e. The lowest BCUT2D eigenvalue weighted by Gasteiger charge is -2.12. The van der Waals surface area contributed by atoms with Crippen molar-refractivity contribution in [2.75, 3.05) is 0 Å². The van der Waals surface area contributed by atoms with Crippen LogP contribution in [-0.2, 0) is 13.1 Å². The molecule has 0 aromatic carbocycles. The van der Waals surface area contributed by atoms with Gasteiger partial charge in [0.05, 0.1) is 11.6 Å². The lowest BCUT2D eigenvalue weighted by atomic mass is 10.1. The molecular weight excluding hydrogens is 368 g/mol. The SMILES string of the molecule is CCn1cc(C(=O)NCc2cccnc2-c2ccco2)c(=O)c2ccc(C)nc21. The molecule has 146 valence electrons. The molecule has 4 heterocycles. The van der Waals surface area contributed by atoms with Crippen LogP contribution in [0.1, 0.15) is 28.5 Å². The fraction of sp³-hybridized carbons (Fsp3) is 0.182. The predicted molar refractivity (Wildman–Crippen MR) is 110 cm³/mol. The van der Waals surface area contributed by atoms with Crippen molar-refractivity contribution in [2.24, 2.45) is 0 Å². The molecule has 1 amide bonds. The average Bonchev–Trinajstić information content (AvgIpc) is 3.27. The van der Waals surface area contributed by atoms with E-state index in [1.165, 1.54) is 0 Å². The van der Waals surface area contributed by atoms with Crippen molar-refractivity contribution in [3.63, 3.8) is 0 Å². The van der Waals surface area contributed by atoms with Gasteiger partial charge in [0, 0.05) is 36.7 Å². The first-order valence-electron chi connectivity index (χ1n) is 9.35. The number of nitrogens with zero attached hydrogens (tertiary/aromatic N) is 3. The van der Waals surface area contributed by atoms with E-state index in [0.29, 0.717) is 29.0 Å². The van der Waals surface area contributed by atoms with Crippen molar-refractivity contribution in [1.82, 2.24) is 19.9 Å². The normalized spacial score (nSPS) is 11.0. The number of rotatable bonds is 5. The first kappa shape index (κ1) is 18.6. The van der Waals surface area contributed by atoms with Crippen LogP contribution in [0, 0.1) is 6.92 Å². The third kappa shape index (κ3) is 3.54. The van der Waals surface area contributed by atoms with Crippen molar-refractivity contribution in [3.05, 3.63) is 82.1 Å². The van der Waals surface area contributed by atoms with Crippen LogP contribution in [0.2, 0.25) is 0 Å². The van der Waals surface area contributed by atoms with Gasteiger partial charge in [0.25, 0.3) is 5.91 Å². The Hall–Kier alpha value is -3.74. The minimum absolute atomic E-state index is 0.0911. The van der Waals surface area contributed by atoms with E-state index in [4.69, 9.17) is 4.42 Å². The summed E-state index contributed by atoms with van der Waals surface area (Å²) >= 11 is 0. The fourth-order valence-electron chi connectivity index (χ4n) is 3.25. The molecule has 4 rings (SSSR count). The first-order valence-corrected chi connectivity index (χ1v) is 9.35. The van der Waals surface area contributed by atoms with Crippen LogP contribution >= 0.6 is 0 Å². The number of furan rings is 1. The van der Waals surface area contributed by atoms with E-state index >= 15 is 0 Å². The highest BCUT2D eigenvalue weighted by atomic mass is 16.3. The Bertz CT molecular complexity index is 1240. The Balaban J connectivity index is 1.65. The van der Waals surface area contributed by atoms with Crippen LogP contribution in [0.4, 0.5) is 0 Å². The molecule has 0 aliphatic heterocycles. The number of aryl methyl sites for hydroxylation is 2. The maximum Gasteiger partial charge on any atom is 0.257 e. The second-order valence-corrected chi connectivity index (χ2v) is 6.65. The molecule has 4 aromatic rings. The van der Waals surface area contributed by atoms with E-state index in [-0.39, 0.29) is 17.5 Å². The van der Waals surface area contributed by atoms with E-state index in [0.717, 1.165) is 11.3 Å². The number of pyridine rings is 3. The molecule has 0 bridgehead atoms. The van der Waals surface area contributed by atoms with Gasteiger partial charge in [-0.25, -0.2) is 4.98 Å². The van der Waals surface area contributed by atoms with Gasteiger partial charge >= 0.3 is 0 Å². The molecular formula is C22H20N4O3. The summed E-state index contributed by atoms with van der Waals surface area (Å²) in [6.45, 7) is 4.63. The third-order valence-electron chi connectivity index (χ3n) is 4.73. The molecule has 0 aliphatic rings. The molecule has 0 atom stereocenters. The third-order valence-corrected chi connectivity index (χ3v) is 4.73. The Kier molecular flexibility index (Phi) is 4.95. The lowest BCUT2D eigenvalue weighted by Crippen LogP contribution is -2.30. The van der Waals surface area contributed by atoms with Gasteiger partial charge < -0.3 is 14.3 Å². The number of aromatic nitrogens is 3. The van der Waals surface area contributed by atoms with E-state index in [1.54, 1.807) is 42.9 Å². The number of carbonyl (C=O) groups excluding carboxylic acids is 1. The van der Waals surface area contributed by atoms with Gasteiger partial charge in [-0.15, -0.1) is 0 Å². The number of fused-ring (bicyclic) bond motifs is 1. The topological polar surface area (TPSA) is 90.0 Å². The van der Waals surface area contributed by atoms with E-state index in [9.17, 15) is 9.59 Å². The zero-order chi connectivity index (χ0) is 20.4. The Labute approximate surface area is 167 Å². The summed E-state index contributed by atoms with van der Waals surface area (Å²) in [6.07, 6.45) is 4.81. The van der Waals surface area contributed by atoms with Crippen LogP contribution in [-0.4, -0.2) is 20.4 Å². The lowest BCUT2D eigenvalue weighted by molar-refractivity contribution is 0.0949. The molecule has 7 heteroatoms. The molecule has 4 aromatic heterocycles. The molecule has 0 saturated heterocycles. The minimum Gasteiger partial charge on any atom is -0.463 e. The second kappa shape index (κ2) is 7.71. The highest BCUT2D eigenvalue weighted by molar-refractivity contribution is 5.96. The molecule has 0 spiro atoms. The number of carbonyl (C=O) groups is 1. The number of hydrogen-bond acceptors (Lipinski definition) is 5. The summed E-state index contributed by atoms with van der Waals surface area (Å²) in [6, 6.07) is 10.7. The quantitative estimate of drug-likeness (QED) is 0.566. The highest BCUT2D eigenvalue weighted by Gasteiger charge is 2.17. The van der Waals surface area contributed by atoms with Gasteiger partial charge in [-0.3, -0.25) is 14.6 Å². The summed E-state index contributed by atoms with van der Waals surface area (Å²) in [5.74, 6) is 0.184. The maximum atomic E-state index is 12.9. The molecule has 0 unspecified atom stereocenters. The van der Waals surface area contributed by atoms with Crippen LogP contribution in [0.3, 0.4) is 0 Å². The minimum atomic E-state index is -0.436. The van der Waals surface area contributed by atoms with Crippen LogP contribution in [0.5, 0.6) is 0 Å². The van der Waals surface area contributed by atoms with E-state index < -0.39 is 5.91 Å². The van der Waals surface area contributed by atoms with E-state index in [1.807, 2.05) is 30.5 Å². The molecule has 1 N–H and O–H groups in total. The van der Waals surface area contributed by atoms with Crippen molar-refractivity contribution < 1.29 is 9.21 Å². The van der Waals surface area contributed by atoms with Crippen molar-refractivity contribution in [3.8, 4) is 11.5 Å². The van der Waals surface area contributed by atoms with Crippen molar-refractivity contribution in [1.29, 1.82) is 0 Å². The van der Waals surface area contributed by atoms with Gasteiger partial charge in [-0.05, 0) is 44.2 Å². The highest BCUT2D eigenvalue weighted by Crippen LogP contribution is 2.21. The number of amides is 1. The standard InChI is InChI=1S/C22H20N4O3/c1-3-26-13-17(20(27)16-9-8-14(2)25-21(16)26)22(28)24-12-15-6-4-10-23-19(15)18-7-5-11-29-18/h4-11,13H,3,12H2,1-2H3,(H,24,28). The predicted octanol–water partition coefficient (Wildman–Crippen LogP) is 3.31. The second-order valence-electron chi connectivity index (χ2n) is 6.65. The summed E-state index contributed by atoms with van der Waals surface area (Å²) < 4.78 is 7.24. The molecule has 7 nitrogen and oxygen atoms in total.